The highest BCUT2D eigenvalue weighted by atomic mass is 16.5. The molecular weight excluding hydrogens is 190 g/mol. The Kier molecular flexibility index (Phi) is 2.62. The van der Waals surface area contributed by atoms with E-state index in [0.29, 0.717) is 6.42 Å². The molecule has 0 aromatic heterocycles. The van der Waals surface area contributed by atoms with Crippen LogP contribution < -0.4 is 4.74 Å². The first-order valence-electron chi connectivity index (χ1n) is 5.14. The van der Waals surface area contributed by atoms with E-state index in [1.165, 1.54) is 5.56 Å². The molecule has 0 radical (unpaired) electrons. The number of benzene rings is 1. The second-order valence-corrected chi connectivity index (χ2v) is 3.97. The molecule has 0 aliphatic carbocycles. The molecule has 1 aromatic carbocycles. The smallest absolute Gasteiger partial charge is 0.222 e. The third-order valence-corrected chi connectivity index (χ3v) is 2.65. The number of carbonyl (C=O) groups is 1. The lowest BCUT2D eigenvalue weighted by Crippen LogP contribution is -2.25. The maximum Gasteiger partial charge on any atom is 0.222 e. The van der Waals surface area contributed by atoms with Crippen molar-refractivity contribution in [3.63, 3.8) is 0 Å². The molecule has 0 fully saturated rings. The van der Waals surface area contributed by atoms with E-state index in [4.69, 9.17) is 4.74 Å². The van der Waals surface area contributed by atoms with Gasteiger partial charge in [-0.05, 0) is 12.5 Å². The van der Waals surface area contributed by atoms with Gasteiger partial charge in [0.15, 0.2) is 0 Å². The number of hydrogen-bond acceptors (Lipinski definition) is 2. The fourth-order valence-electron chi connectivity index (χ4n) is 1.71. The third kappa shape index (κ3) is 1.96. The van der Waals surface area contributed by atoms with Gasteiger partial charge in [-0.25, -0.2) is 0 Å². The molecule has 80 valence electrons. The molecule has 0 spiro atoms. The minimum atomic E-state index is 0.116. The SMILES string of the molecule is CN(C)C(=O)CCC1Oc2ccccc21. The Morgan fingerprint density at radius 3 is 2.80 bits per heavy atom. The number of rotatable bonds is 3. The van der Waals surface area contributed by atoms with Crippen molar-refractivity contribution in [3.05, 3.63) is 29.8 Å². The standard InChI is InChI=1S/C12H15NO2/c1-13(2)12(14)8-7-11-9-5-3-4-6-10(9)15-11/h3-6,11H,7-8H2,1-2H3. The van der Waals surface area contributed by atoms with E-state index in [2.05, 4.69) is 6.07 Å². The summed E-state index contributed by atoms with van der Waals surface area (Å²) >= 11 is 0. The van der Waals surface area contributed by atoms with Gasteiger partial charge in [-0.1, -0.05) is 18.2 Å². The Morgan fingerprint density at radius 2 is 2.13 bits per heavy atom. The van der Waals surface area contributed by atoms with Gasteiger partial charge in [-0.2, -0.15) is 0 Å². The van der Waals surface area contributed by atoms with Crippen molar-refractivity contribution >= 4 is 5.91 Å². The number of nitrogens with zero attached hydrogens (tertiary/aromatic N) is 1. The number of amides is 1. The second-order valence-electron chi connectivity index (χ2n) is 3.97. The van der Waals surface area contributed by atoms with Crippen LogP contribution in [0.5, 0.6) is 5.75 Å². The van der Waals surface area contributed by atoms with Crippen LogP contribution in [-0.2, 0) is 4.79 Å². The molecule has 0 bridgehead atoms. The molecule has 15 heavy (non-hydrogen) atoms. The molecule has 1 unspecified atom stereocenters. The second kappa shape index (κ2) is 3.93. The van der Waals surface area contributed by atoms with Gasteiger partial charge >= 0.3 is 0 Å². The fourth-order valence-corrected chi connectivity index (χ4v) is 1.71. The first kappa shape index (κ1) is 10.0. The average molecular weight is 205 g/mol. The van der Waals surface area contributed by atoms with Crippen LogP contribution in [0.3, 0.4) is 0 Å². The van der Waals surface area contributed by atoms with E-state index in [1.807, 2.05) is 18.2 Å². The third-order valence-electron chi connectivity index (χ3n) is 2.65. The van der Waals surface area contributed by atoms with Gasteiger partial charge in [0.25, 0.3) is 0 Å². The number of ether oxygens (including phenoxy) is 1. The van der Waals surface area contributed by atoms with Crippen molar-refractivity contribution in [3.8, 4) is 5.75 Å². The molecule has 2 rings (SSSR count). The Bertz CT molecular complexity index is 374. The van der Waals surface area contributed by atoms with Crippen molar-refractivity contribution < 1.29 is 9.53 Å². The van der Waals surface area contributed by atoms with Gasteiger partial charge in [0.2, 0.25) is 5.91 Å². The highest BCUT2D eigenvalue weighted by Crippen LogP contribution is 2.41. The number of fused-ring (bicyclic) bond motifs is 1. The van der Waals surface area contributed by atoms with Gasteiger partial charge in [0.1, 0.15) is 11.9 Å². The Labute approximate surface area is 89.7 Å². The van der Waals surface area contributed by atoms with E-state index < -0.39 is 0 Å². The van der Waals surface area contributed by atoms with E-state index >= 15 is 0 Å². The molecule has 3 heteroatoms. The van der Waals surface area contributed by atoms with Gasteiger partial charge in [-0.15, -0.1) is 0 Å². The summed E-state index contributed by atoms with van der Waals surface area (Å²) in [4.78, 5) is 13.0. The van der Waals surface area contributed by atoms with Crippen LogP contribution in [0.15, 0.2) is 24.3 Å². The average Bonchev–Trinajstić information content (AvgIpc) is 2.19. The summed E-state index contributed by atoms with van der Waals surface area (Å²) in [5, 5.41) is 0. The topological polar surface area (TPSA) is 29.5 Å². The van der Waals surface area contributed by atoms with E-state index in [0.717, 1.165) is 12.2 Å². The van der Waals surface area contributed by atoms with Crippen LogP contribution in [0.2, 0.25) is 0 Å². The summed E-state index contributed by atoms with van der Waals surface area (Å²) in [6, 6.07) is 7.98. The highest BCUT2D eigenvalue weighted by Gasteiger charge is 2.27. The predicted octanol–water partition coefficient (Wildman–Crippen LogP) is 1.99. The van der Waals surface area contributed by atoms with Crippen LogP contribution in [0.4, 0.5) is 0 Å². The molecule has 1 heterocycles. The van der Waals surface area contributed by atoms with E-state index in [9.17, 15) is 4.79 Å². The van der Waals surface area contributed by atoms with Crippen molar-refractivity contribution in [2.24, 2.45) is 0 Å². The maximum absolute atomic E-state index is 11.4. The lowest BCUT2D eigenvalue weighted by molar-refractivity contribution is -0.129. The molecular formula is C12H15NO2. The molecule has 3 nitrogen and oxygen atoms in total. The summed E-state index contributed by atoms with van der Waals surface area (Å²) in [5.74, 6) is 1.11. The summed E-state index contributed by atoms with van der Waals surface area (Å²) in [5.41, 5.74) is 1.23. The zero-order valence-electron chi connectivity index (χ0n) is 9.06. The monoisotopic (exact) mass is 205 g/mol. The van der Waals surface area contributed by atoms with Crippen molar-refractivity contribution in [1.29, 1.82) is 0 Å². The largest absolute Gasteiger partial charge is 0.485 e. The van der Waals surface area contributed by atoms with Crippen LogP contribution >= 0.6 is 0 Å². The molecule has 0 saturated heterocycles. The zero-order valence-corrected chi connectivity index (χ0v) is 9.06. The molecule has 1 amide bonds. The summed E-state index contributed by atoms with van der Waals surface area (Å²) in [6.45, 7) is 0. The van der Waals surface area contributed by atoms with Crippen LogP contribution in [0, 0.1) is 0 Å². The molecule has 1 aliphatic heterocycles. The number of hydrogen-bond donors (Lipinski definition) is 0. The minimum absolute atomic E-state index is 0.116. The Morgan fingerprint density at radius 1 is 1.40 bits per heavy atom. The lowest BCUT2D eigenvalue weighted by Gasteiger charge is -2.31. The summed E-state index contributed by atoms with van der Waals surface area (Å²) < 4.78 is 5.54. The normalized spacial score (nSPS) is 17.3. The van der Waals surface area contributed by atoms with Crippen molar-refractivity contribution in [1.82, 2.24) is 4.90 Å². The van der Waals surface area contributed by atoms with Crippen LogP contribution in [0.1, 0.15) is 24.5 Å². The molecule has 0 N–H and O–H groups in total. The van der Waals surface area contributed by atoms with Gasteiger partial charge in [0, 0.05) is 26.1 Å². The summed E-state index contributed by atoms with van der Waals surface area (Å²) in [6.07, 6.45) is 1.44. The van der Waals surface area contributed by atoms with Gasteiger partial charge in [-0.3, -0.25) is 4.79 Å². The molecule has 0 saturated carbocycles. The van der Waals surface area contributed by atoms with E-state index in [1.54, 1.807) is 19.0 Å². The Hall–Kier alpha value is -1.51. The highest BCUT2D eigenvalue weighted by molar-refractivity contribution is 5.75. The van der Waals surface area contributed by atoms with Gasteiger partial charge in [0.05, 0.1) is 0 Å². The first-order valence-corrected chi connectivity index (χ1v) is 5.14. The number of carbonyl (C=O) groups excluding carboxylic acids is 1. The first-order chi connectivity index (χ1) is 7.18. The Balaban J connectivity index is 1.88. The van der Waals surface area contributed by atoms with Crippen LogP contribution in [-0.4, -0.2) is 24.9 Å². The van der Waals surface area contributed by atoms with E-state index in [-0.39, 0.29) is 12.0 Å². The predicted molar refractivity (Wildman–Crippen MR) is 57.7 cm³/mol. The molecule has 1 aromatic rings. The fraction of sp³-hybridized carbons (Fsp3) is 0.417. The maximum atomic E-state index is 11.4. The van der Waals surface area contributed by atoms with Crippen molar-refractivity contribution in [2.45, 2.75) is 18.9 Å². The minimum Gasteiger partial charge on any atom is -0.485 e. The zero-order chi connectivity index (χ0) is 10.8. The quantitative estimate of drug-likeness (QED) is 0.755. The molecule has 1 aliphatic rings. The molecule has 1 atom stereocenters. The van der Waals surface area contributed by atoms with Crippen LogP contribution in [0.25, 0.3) is 0 Å². The number of para-hydroxylation sites is 1. The lowest BCUT2D eigenvalue weighted by atomic mass is 9.98. The summed E-state index contributed by atoms with van der Waals surface area (Å²) in [7, 11) is 3.55. The van der Waals surface area contributed by atoms with Crippen molar-refractivity contribution in [2.75, 3.05) is 14.1 Å². The van der Waals surface area contributed by atoms with Gasteiger partial charge < -0.3 is 9.64 Å².